The molecule has 5 nitrogen and oxygen atoms in total. The van der Waals surface area contributed by atoms with E-state index < -0.39 is 0 Å². The summed E-state index contributed by atoms with van der Waals surface area (Å²) in [6.45, 7) is 5.69. The first-order valence-corrected chi connectivity index (χ1v) is 8.23. The minimum absolute atomic E-state index is 0.0944. The molecule has 0 unspecified atom stereocenters. The van der Waals surface area contributed by atoms with Gasteiger partial charge in [-0.25, -0.2) is 4.39 Å². The highest BCUT2D eigenvalue weighted by molar-refractivity contribution is 6.00. The maximum Gasteiger partial charge on any atom is 0.259 e. The number of carbonyl (C=O) groups excluding carboxylic acids is 1. The Morgan fingerprint density at radius 3 is 2.62 bits per heavy atom. The van der Waals surface area contributed by atoms with Crippen molar-refractivity contribution >= 4 is 5.91 Å². The molecule has 2 aromatic rings. The third-order valence-electron chi connectivity index (χ3n) is 4.33. The Kier molecular flexibility index (Phi) is 4.94. The number of aryl methyl sites for hydroxylation is 1. The molecule has 0 spiro atoms. The first-order chi connectivity index (χ1) is 11.6. The van der Waals surface area contributed by atoms with E-state index in [0.29, 0.717) is 42.3 Å². The molecule has 128 valence electrons. The predicted molar refractivity (Wildman–Crippen MR) is 87.2 cm³/mol. The van der Waals surface area contributed by atoms with Crippen LogP contribution in [0.2, 0.25) is 0 Å². The van der Waals surface area contributed by atoms with Crippen LogP contribution in [0.1, 0.15) is 35.9 Å². The van der Waals surface area contributed by atoms with Crippen molar-refractivity contribution in [3.63, 3.8) is 0 Å². The van der Waals surface area contributed by atoms with E-state index in [1.807, 2.05) is 11.8 Å². The molecule has 0 N–H and O–H groups in total. The van der Waals surface area contributed by atoms with E-state index in [9.17, 15) is 9.18 Å². The molecular weight excluding hydrogens is 311 g/mol. The lowest BCUT2D eigenvalue weighted by Gasteiger charge is -2.31. The Labute approximate surface area is 140 Å². The van der Waals surface area contributed by atoms with Gasteiger partial charge in [-0.05, 0) is 51.0 Å². The summed E-state index contributed by atoms with van der Waals surface area (Å²) in [6, 6.07) is 5.90. The van der Waals surface area contributed by atoms with Crippen LogP contribution in [0.4, 0.5) is 4.39 Å². The molecule has 0 atom stereocenters. The highest BCUT2D eigenvalue weighted by Crippen LogP contribution is 2.28. The number of carbonyl (C=O) groups is 1. The van der Waals surface area contributed by atoms with Crippen molar-refractivity contribution in [1.29, 1.82) is 0 Å². The molecule has 0 saturated carbocycles. The lowest BCUT2D eigenvalue weighted by molar-refractivity contribution is 0.0146. The zero-order chi connectivity index (χ0) is 17.1. The van der Waals surface area contributed by atoms with Gasteiger partial charge in [-0.3, -0.25) is 4.79 Å². The van der Waals surface area contributed by atoms with Crippen LogP contribution in [0.5, 0.6) is 0 Å². The minimum atomic E-state index is -0.329. The van der Waals surface area contributed by atoms with E-state index in [2.05, 4.69) is 5.16 Å². The van der Waals surface area contributed by atoms with Crippen LogP contribution in [0, 0.1) is 12.7 Å². The lowest BCUT2D eigenvalue weighted by atomic mass is 10.0. The first-order valence-electron chi connectivity index (χ1n) is 8.23. The smallest absolute Gasteiger partial charge is 0.259 e. The third kappa shape index (κ3) is 3.33. The van der Waals surface area contributed by atoms with E-state index in [1.165, 1.54) is 12.1 Å². The maximum absolute atomic E-state index is 13.1. The second kappa shape index (κ2) is 7.13. The second-order valence-corrected chi connectivity index (χ2v) is 5.92. The zero-order valence-electron chi connectivity index (χ0n) is 13.9. The summed E-state index contributed by atoms with van der Waals surface area (Å²) < 4.78 is 24.0. The highest BCUT2D eigenvalue weighted by atomic mass is 19.1. The van der Waals surface area contributed by atoms with Gasteiger partial charge in [0.2, 0.25) is 0 Å². The van der Waals surface area contributed by atoms with Crippen LogP contribution >= 0.6 is 0 Å². The average Bonchev–Trinajstić information content (AvgIpc) is 2.97. The van der Waals surface area contributed by atoms with Crippen molar-refractivity contribution in [2.24, 2.45) is 0 Å². The van der Waals surface area contributed by atoms with Crippen LogP contribution in [-0.4, -0.2) is 41.8 Å². The molecule has 0 aliphatic carbocycles. The van der Waals surface area contributed by atoms with E-state index in [1.54, 1.807) is 19.1 Å². The van der Waals surface area contributed by atoms with Crippen molar-refractivity contribution in [3.05, 3.63) is 41.4 Å². The Hall–Kier alpha value is -2.21. The van der Waals surface area contributed by atoms with Gasteiger partial charge in [-0.1, -0.05) is 5.16 Å². The summed E-state index contributed by atoms with van der Waals surface area (Å²) in [6.07, 6.45) is 1.88. The van der Waals surface area contributed by atoms with E-state index >= 15 is 0 Å². The van der Waals surface area contributed by atoms with Crippen molar-refractivity contribution in [2.75, 3.05) is 19.7 Å². The average molecular weight is 332 g/mol. The fourth-order valence-corrected chi connectivity index (χ4v) is 3.05. The van der Waals surface area contributed by atoms with Crippen LogP contribution in [0.25, 0.3) is 11.3 Å². The number of halogens is 1. The Morgan fingerprint density at radius 1 is 1.33 bits per heavy atom. The van der Waals surface area contributed by atoms with E-state index in [-0.39, 0.29) is 17.8 Å². The highest BCUT2D eigenvalue weighted by Gasteiger charge is 2.29. The number of amides is 1. The molecule has 0 bridgehead atoms. The molecule has 1 fully saturated rings. The molecule has 2 heterocycles. The summed E-state index contributed by atoms with van der Waals surface area (Å²) in [5.41, 5.74) is 1.58. The molecule has 1 aromatic heterocycles. The molecule has 0 radical (unpaired) electrons. The number of aromatic nitrogens is 1. The van der Waals surface area contributed by atoms with Gasteiger partial charge in [0, 0.05) is 25.3 Å². The maximum atomic E-state index is 13.1. The molecule has 1 amide bonds. The van der Waals surface area contributed by atoms with Gasteiger partial charge in [0.1, 0.15) is 22.8 Å². The molecular formula is C18H21FN2O3. The van der Waals surface area contributed by atoms with Gasteiger partial charge in [0.05, 0.1) is 6.10 Å². The van der Waals surface area contributed by atoms with Gasteiger partial charge in [0.15, 0.2) is 0 Å². The van der Waals surface area contributed by atoms with Crippen molar-refractivity contribution in [2.45, 2.75) is 32.8 Å². The molecule has 24 heavy (non-hydrogen) atoms. The van der Waals surface area contributed by atoms with Gasteiger partial charge >= 0.3 is 0 Å². The Bertz CT molecular complexity index is 704. The summed E-state index contributed by atoms with van der Waals surface area (Å²) in [5.74, 6) is 0.0547. The number of nitrogens with zero attached hydrogens (tertiary/aromatic N) is 2. The minimum Gasteiger partial charge on any atom is -0.378 e. The van der Waals surface area contributed by atoms with Gasteiger partial charge in [-0.15, -0.1) is 0 Å². The number of rotatable bonds is 4. The number of piperidine rings is 1. The topological polar surface area (TPSA) is 55.6 Å². The fraction of sp³-hybridized carbons (Fsp3) is 0.444. The van der Waals surface area contributed by atoms with Crippen LogP contribution in [-0.2, 0) is 4.74 Å². The number of benzene rings is 1. The lowest BCUT2D eigenvalue weighted by Crippen LogP contribution is -2.41. The summed E-state index contributed by atoms with van der Waals surface area (Å²) in [4.78, 5) is 14.7. The van der Waals surface area contributed by atoms with Crippen molar-refractivity contribution in [1.82, 2.24) is 10.1 Å². The fourth-order valence-electron chi connectivity index (χ4n) is 3.05. The van der Waals surface area contributed by atoms with Crippen LogP contribution in [0.15, 0.2) is 28.8 Å². The molecule has 3 rings (SSSR count). The zero-order valence-corrected chi connectivity index (χ0v) is 13.9. The van der Waals surface area contributed by atoms with E-state index in [0.717, 1.165) is 12.8 Å². The van der Waals surface area contributed by atoms with Crippen molar-refractivity contribution in [3.8, 4) is 11.3 Å². The normalized spacial score (nSPS) is 15.7. The summed E-state index contributed by atoms with van der Waals surface area (Å²) in [5, 5.41) is 4.01. The second-order valence-electron chi connectivity index (χ2n) is 5.92. The molecule has 1 aliphatic rings. The number of hydrogen-bond donors (Lipinski definition) is 0. The monoisotopic (exact) mass is 332 g/mol. The van der Waals surface area contributed by atoms with Crippen molar-refractivity contribution < 1.29 is 18.4 Å². The molecule has 1 aromatic carbocycles. The Balaban J connectivity index is 1.81. The summed E-state index contributed by atoms with van der Waals surface area (Å²) >= 11 is 0. The van der Waals surface area contributed by atoms with Gasteiger partial charge in [0.25, 0.3) is 5.91 Å². The molecule has 6 heteroatoms. The van der Waals surface area contributed by atoms with Gasteiger partial charge < -0.3 is 14.2 Å². The van der Waals surface area contributed by atoms with Crippen LogP contribution in [0.3, 0.4) is 0 Å². The third-order valence-corrected chi connectivity index (χ3v) is 4.33. The number of ether oxygens (including phenoxy) is 1. The predicted octanol–water partition coefficient (Wildman–Crippen LogP) is 3.43. The quantitative estimate of drug-likeness (QED) is 0.861. The number of likely N-dealkylation sites (tertiary alicyclic amines) is 1. The summed E-state index contributed by atoms with van der Waals surface area (Å²) in [7, 11) is 0. The number of hydrogen-bond acceptors (Lipinski definition) is 4. The Morgan fingerprint density at radius 2 is 2.00 bits per heavy atom. The first kappa shape index (κ1) is 16.6. The van der Waals surface area contributed by atoms with E-state index in [4.69, 9.17) is 9.26 Å². The molecule has 1 aliphatic heterocycles. The standard InChI is InChI=1S/C18H21FN2O3/c1-3-23-15-8-10-21(11-9-15)18(22)16-12(2)24-20-17(16)13-4-6-14(19)7-5-13/h4-7,15H,3,8-11H2,1-2H3. The van der Waals surface area contributed by atoms with Crippen LogP contribution < -0.4 is 0 Å². The van der Waals surface area contributed by atoms with Gasteiger partial charge in [-0.2, -0.15) is 0 Å². The molecule has 1 saturated heterocycles. The SMILES string of the molecule is CCOC1CCN(C(=O)c2c(-c3ccc(F)cc3)noc2C)CC1. The largest absolute Gasteiger partial charge is 0.378 e.